The van der Waals surface area contributed by atoms with E-state index in [-0.39, 0.29) is 16.6 Å². The van der Waals surface area contributed by atoms with Crippen LogP contribution in [0.5, 0.6) is 0 Å². The highest BCUT2D eigenvalue weighted by atomic mass is 16.4. The molecule has 0 saturated carbocycles. The van der Waals surface area contributed by atoms with Crippen molar-refractivity contribution in [1.29, 1.82) is 0 Å². The molecule has 0 rings (SSSR count). The van der Waals surface area contributed by atoms with Crippen molar-refractivity contribution in [2.45, 2.75) is 142 Å². The van der Waals surface area contributed by atoms with E-state index in [9.17, 15) is 14.7 Å². The summed E-state index contributed by atoms with van der Waals surface area (Å²) in [6, 6.07) is 0. The fraction of sp³-hybridized carbons (Fsp3) is 0.923. The van der Waals surface area contributed by atoms with Gasteiger partial charge in [-0.05, 0) is 26.7 Å². The highest BCUT2D eigenvalue weighted by Crippen LogP contribution is 2.25. The minimum Gasteiger partial charge on any atom is -0.544 e. The highest BCUT2D eigenvalue weighted by Gasteiger charge is 2.44. The van der Waals surface area contributed by atoms with Crippen molar-refractivity contribution in [2.75, 3.05) is 14.1 Å². The first-order chi connectivity index (χ1) is 14.6. The van der Waals surface area contributed by atoms with Crippen LogP contribution in [0.3, 0.4) is 0 Å². The van der Waals surface area contributed by atoms with Gasteiger partial charge in [0.05, 0.1) is 14.1 Å². The average molecular weight is 441 g/mol. The Morgan fingerprint density at radius 1 is 0.774 bits per heavy atom. The van der Waals surface area contributed by atoms with Gasteiger partial charge in [-0.1, -0.05) is 90.9 Å². The number of likely N-dealkylation sites (N-methyl/N-ethyl adjacent to an activating group) is 1. The first-order valence-electron chi connectivity index (χ1n) is 13.0. The van der Waals surface area contributed by atoms with Gasteiger partial charge in [0.15, 0.2) is 6.17 Å². The zero-order valence-electron chi connectivity index (χ0n) is 21.6. The number of nitrogens with zero attached hydrogens (tertiary/aromatic N) is 1. The Labute approximate surface area is 192 Å². The van der Waals surface area contributed by atoms with Crippen molar-refractivity contribution in [3.8, 4) is 0 Å². The molecule has 0 spiro atoms. The number of hydrogen-bond donors (Lipinski definition) is 1. The molecule has 0 aliphatic rings. The van der Waals surface area contributed by atoms with Gasteiger partial charge in [-0.25, -0.2) is 0 Å². The standard InChI is InChI=1S/C26H52N2O3/c1-7-9-10-11-12-13-14-15-16-17-18-19-20-22-24(29)27-23(21-8-2)28(5,6)26(3,4)25(30)31/h23H,7-22H2,1-6H3,(H-,27,29,30,31). The van der Waals surface area contributed by atoms with Gasteiger partial charge in [0.25, 0.3) is 0 Å². The van der Waals surface area contributed by atoms with Crippen LogP contribution in [0.1, 0.15) is 130 Å². The molecule has 1 atom stereocenters. The summed E-state index contributed by atoms with van der Waals surface area (Å²) in [5, 5.41) is 14.7. The normalized spacial score (nSPS) is 13.2. The lowest BCUT2D eigenvalue weighted by Crippen LogP contribution is -2.71. The van der Waals surface area contributed by atoms with Crippen molar-refractivity contribution in [3.63, 3.8) is 0 Å². The quantitative estimate of drug-likeness (QED) is 0.158. The maximum absolute atomic E-state index is 12.5. The van der Waals surface area contributed by atoms with Crippen LogP contribution in [0.25, 0.3) is 0 Å². The summed E-state index contributed by atoms with van der Waals surface area (Å²) in [6.07, 6.45) is 18.7. The SMILES string of the molecule is CCCCCCCCCCCCCCCC(=O)NC(CCC)[N+](C)(C)C(C)(C)C(=O)[O-]. The number of carbonyl (C=O) groups is 2. The van der Waals surface area contributed by atoms with E-state index in [0.717, 1.165) is 25.7 Å². The molecule has 0 aromatic rings. The second-order valence-electron chi connectivity index (χ2n) is 10.3. The molecule has 31 heavy (non-hydrogen) atoms. The van der Waals surface area contributed by atoms with Crippen LogP contribution in [-0.2, 0) is 9.59 Å². The van der Waals surface area contributed by atoms with Gasteiger partial charge < -0.3 is 15.2 Å². The minimum absolute atomic E-state index is 0.0295. The lowest BCUT2D eigenvalue weighted by Gasteiger charge is -2.49. The molecule has 0 radical (unpaired) electrons. The Hall–Kier alpha value is -1.10. The van der Waals surface area contributed by atoms with Crippen LogP contribution in [0.4, 0.5) is 0 Å². The molecule has 0 bridgehead atoms. The molecule has 0 aliphatic carbocycles. The van der Waals surface area contributed by atoms with E-state index >= 15 is 0 Å². The summed E-state index contributed by atoms with van der Waals surface area (Å²) in [7, 11) is 3.73. The number of carboxylic acids is 1. The monoisotopic (exact) mass is 440 g/mol. The molecule has 0 aromatic carbocycles. The second kappa shape index (κ2) is 16.5. The van der Waals surface area contributed by atoms with Crippen molar-refractivity contribution in [1.82, 2.24) is 5.32 Å². The second-order valence-corrected chi connectivity index (χ2v) is 10.3. The molecule has 0 saturated heterocycles. The number of aliphatic carboxylic acids is 1. The maximum Gasteiger partial charge on any atom is 0.224 e. The summed E-state index contributed by atoms with van der Waals surface area (Å²) >= 11 is 0. The summed E-state index contributed by atoms with van der Waals surface area (Å²) < 4.78 is 0.174. The summed E-state index contributed by atoms with van der Waals surface area (Å²) in [6.45, 7) is 7.65. The zero-order chi connectivity index (χ0) is 23.8. The van der Waals surface area contributed by atoms with Crippen LogP contribution in [0, 0.1) is 0 Å². The van der Waals surface area contributed by atoms with Crippen LogP contribution < -0.4 is 10.4 Å². The molecule has 1 N–H and O–H groups in total. The predicted molar refractivity (Wildman–Crippen MR) is 128 cm³/mol. The van der Waals surface area contributed by atoms with Gasteiger partial charge in [0.2, 0.25) is 5.91 Å². The Morgan fingerprint density at radius 2 is 1.19 bits per heavy atom. The number of quaternary nitrogens is 1. The highest BCUT2D eigenvalue weighted by molar-refractivity contribution is 5.76. The minimum atomic E-state index is -1.09. The van der Waals surface area contributed by atoms with Gasteiger partial charge >= 0.3 is 0 Å². The van der Waals surface area contributed by atoms with Crippen molar-refractivity contribution in [2.24, 2.45) is 0 Å². The summed E-state index contributed by atoms with van der Waals surface area (Å²) in [5.41, 5.74) is -1.08. The average Bonchev–Trinajstić information content (AvgIpc) is 2.70. The van der Waals surface area contributed by atoms with Gasteiger partial charge in [-0.15, -0.1) is 0 Å². The molecular formula is C26H52N2O3. The van der Waals surface area contributed by atoms with Crippen LogP contribution in [0.2, 0.25) is 0 Å². The van der Waals surface area contributed by atoms with Crippen LogP contribution in [-0.4, -0.2) is 42.2 Å². The first kappa shape index (κ1) is 29.9. The van der Waals surface area contributed by atoms with E-state index in [1.54, 1.807) is 13.8 Å². The molecule has 1 amide bonds. The summed E-state index contributed by atoms with van der Waals surface area (Å²) in [5.74, 6) is -1.06. The molecular weight excluding hydrogens is 388 g/mol. The van der Waals surface area contributed by atoms with E-state index in [4.69, 9.17) is 0 Å². The molecule has 184 valence electrons. The van der Waals surface area contributed by atoms with E-state index in [1.165, 1.54) is 70.6 Å². The third-order valence-corrected chi connectivity index (χ3v) is 7.12. The summed E-state index contributed by atoms with van der Waals surface area (Å²) in [4.78, 5) is 24.1. The zero-order valence-corrected chi connectivity index (χ0v) is 21.6. The fourth-order valence-corrected chi connectivity index (χ4v) is 4.02. The van der Waals surface area contributed by atoms with Gasteiger partial charge in [0.1, 0.15) is 11.5 Å². The number of rotatable bonds is 20. The van der Waals surface area contributed by atoms with Gasteiger partial charge in [-0.2, -0.15) is 0 Å². The fourth-order valence-electron chi connectivity index (χ4n) is 4.02. The van der Waals surface area contributed by atoms with Crippen LogP contribution in [0.15, 0.2) is 0 Å². The molecule has 0 heterocycles. The third kappa shape index (κ3) is 11.9. The largest absolute Gasteiger partial charge is 0.544 e. The number of amides is 1. The number of carbonyl (C=O) groups excluding carboxylic acids is 2. The Balaban J connectivity index is 4.02. The van der Waals surface area contributed by atoms with Gasteiger partial charge in [-0.3, -0.25) is 9.28 Å². The molecule has 1 unspecified atom stereocenters. The Bertz CT molecular complexity index is 489. The lowest BCUT2D eigenvalue weighted by molar-refractivity contribution is -0.955. The van der Waals surface area contributed by atoms with E-state index in [0.29, 0.717) is 6.42 Å². The first-order valence-corrected chi connectivity index (χ1v) is 13.0. The third-order valence-electron chi connectivity index (χ3n) is 7.12. The Kier molecular flexibility index (Phi) is 15.9. The molecule has 5 heteroatoms. The lowest BCUT2D eigenvalue weighted by atomic mass is 9.98. The number of hydrogen-bond acceptors (Lipinski definition) is 3. The van der Waals surface area contributed by atoms with E-state index < -0.39 is 11.5 Å². The predicted octanol–water partition coefficient (Wildman–Crippen LogP) is 5.32. The molecule has 5 nitrogen and oxygen atoms in total. The number of carboxylic acid groups (broad SMARTS) is 1. The number of nitrogens with one attached hydrogen (secondary N) is 1. The number of unbranched alkanes of at least 4 members (excludes halogenated alkanes) is 12. The molecule has 0 fully saturated rings. The van der Waals surface area contributed by atoms with Crippen LogP contribution >= 0.6 is 0 Å². The maximum atomic E-state index is 12.5. The van der Waals surface area contributed by atoms with Gasteiger partial charge in [0, 0.05) is 12.8 Å². The van der Waals surface area contributed by atoms with Crippen molar-refractivity contribution < 1.29 is 19.2 Å². The molecule has 0 aliphatic heterocycles. The smallest absolute Gasteiger partial charge is 0.224 e. The van der Waals surface area contributed by atoms with E-state index in [1.807, 2.05) is 14.1 Å². The van der Waals surface area contributed by atoms with E-state index in [2.05, 4.69) is 19.2 Å². The Morgan fingerprint density at radius 3 is 1.58 bits per heavy atom. The van der Waals surface area contributed by atoms with Crippen molar-refractivity contribution in [3.05, 3.63) is 0 Å². The topological polar surface area (TPSA) is 69.2 Å². The van der Waals surface area contributed by atoms with Crippen molar-refractivity contribution >= 4 is 11.9 Å². The molecule has 0 aromatic heterocycles.